The SMILES string of the molecule is CC(=O)O/N=C1\CCc2ccc3c(c21)OCO3. The predicted octanol–water partition coefficient (Wildman–Crippen LogP) is 1.63. The van der Waals surface area contributed by atoms with E-state index in [1.54, 1.807) is 0 Å². The summed E-state index contributed by atoms with van der Waals surface area (Å²) in [7, 11) is 0. The minimum absolute atomic E-state index is 0.229. The molecule has 0 aromatic heterocycles. The number of benzene rings is 1. The number of ether oxygens (including phenoxy) is 2. The molecule has 0 spiro atoms. The fourth-order valence-electron chi connectivity index (χ4n) is 2.13. The molecule has 2 aliphatic rings. The van der Waals surface area contributed by atoms with Crippen LogP contribution in [0.3, 0.4) is 0 Å². The highest BCUT2D eigenvalue weighted by atomic mass is 16.7. The lowest BCUT2D eigenvalue weighted by atomic mass is 10.1. The second-order valence-electron chi connectivity index (χ2n) is 3.95. The lowest BCUT2D eigenvalue weighted by Crippen LogP contribution is -2.01. The summed E-state index contributed by atoms with van der Waals surface area (Å²) in [6.45, 7) is 1.56. The standard InChI is InChI=1S/C12H11NO4/c1-7(14)17-13-9-4-2-8-3-5-10-12(11(8)9)16-6-15-10/h3,5H,2,4,6H2,1H3/b13-9+. The van der Waals surface area contributed by atoms with Crippen molar-refractivity contribution in [3.63, 3.8) is 0 Å². The van der Waals surface area contributed by atoms with Crippen LogP contribution in [-0.4, -0.2) is 18.5 Å². The summed E-state index contributed by atoms with van der Waals surface area (Å²) in [6.07, 6.45) is 1.63. The van der Waals surface area contributed by atoms with Crippen LogP contribution in [0, 0.1) is 0 Å². The van der Waals surface area contributed by atoms with Gasteiger partial charge in [0.2, 0.25) is 6.79 Å². The van der Waals surface area contributed by atoms with Gasteiger partial charge in [0.1, 0.15) is 0 Å². The maximum absolute atomic E-state index is 10.8. The van der Waals surface area contributed by atoms with Crippen LogP contribution in [0.15, 0.2) is 17.3 Å². The highest BCUT2D eigenvalue weighted by Crippen LogP contribution is 2.41. The lowest BCUT2D eigenvalue weighted by Gasteiger charge is -2.04. The minimum Gasteiger partial charge on any atom is -0.454 e. The van der Waals surface area contributed by atoms with Gasteiger partial charge in [-0.25, -0.2) is 4.79 Å². The Bertz CT molecular complexity index is 521. The molecule has 0 N–H and O–H groups in total. The van der Waals surface area contributed by atoms with Crippen LogP contribution in [0.4, 0.5) is 0 Å². The number of hydrogen-bond acceptors (Lipinski definition) is 5. The smallest absolute Gasteiger partial charge is 0.331 e. The summed E-state index contributed by atoms with van der Waals surface area (Å²) in [5.74, 6) is 1.02. The molecule has 5 heteroatoms. The van der Waals surface area contributed by atoms with Crippen molar-refractivity contribution in [3.05, 3.63) is 23.3 Å². The maximum Gasteiger partial charge on any atom is 0.331 e. The highest BCUT2D eigenvalue weighted by molar-refractivity contribution is 6.07. The molecule has 0 fully saturated rings. The molecular formula is C12H11NO4. The minimum atomic E-state index is -0.421. The molecule has 0 unspecified atom stereocenters. The number of fused-ring (bicyclic) bond motifs is 3. The van der Waals surface area contributed by atoms with Crippen molar-refractivity contribution in [1.29, 1.82) is 0 Å². The van der Waals surface area contributed by atoms with Crippen LogP contribution in [0.2, 0.25) is 0 Å². The van der Waals surface area contributed by atoms with Crippen LogP contribution in [0.5, 0.6) is 11.5 Å². The summed E-state index contributed by atoms with van der Waals surface area (Å²) < 4.78 is 10.7. The summed E-state index contributed by atoms with van der Waals surface area (Å²) >= 11 is 0. The van der Waals surface area contributed by atoms with Gasteiger partial charge in [0, 0.05) is 12.5 Å². The van der Waals surface area contributed by atoms with Crippen LogP contribution in [0.1, 0.15) is 24.5 Å². The first kappa shape index (κ1) is 10.1. The van der Waals surface area contributed by atoms with Crippen LogP contribution in [0.25, 0.3) is 0 Å². The average molecular weight is 233 g/mol. The number of carbonyl (C=O) groups excluding carboxylic acids is 1. The number of oxime groups is 1. The number of carbonyl (C=O) groups is 1. The Morgan fingerprint density at radius 2 is 2.24 bits per heavy atom. The number of hydrogen-bond donors (Lipinski definition) is 0. The van der Waals surface area contributed by atoms with Gasteiger partial charge >= 0.3 is 5.97 Å². The number of rotatable bonds is 1. The Hall–Kier alpha value is -2.04. The molecule has 5 nitrogen and oxygen atoms in total. The molecule has 3 rings (SSSR count). The molecule has 0 saturated heterocycles. The van der Waals surface area contributed by atoms with E-state index in [1.807, 2.05) is 12.1 Å². The third-order valence-corrected chi connectivity index (χ3v) is 2.83. The molecule has 0 amide bonds. The van der Waals surface area contributed by atoms with Gasteiger partial charge in [-0.1, -0.05) is 11.2 Å². The Morgan fingerprint density at radius 1 is 1.35 bits per heavy atom. The third kappa shape index (κ3) is 1.63. The highest BCUT2D eigenvalue weighted by Gasteiger charge is 2.28. The van der Waals surface area contributed by atoms with Gasteiger partial charge in [0.25, 0.3) is 0 Å². The first-order chi connectivity index (χ1) is 8.25. The van der Waals surface area contributed by atoms with Gasteiger partial charge in [-0.05, 0) is 24.5 Å². The average Bonchev–Trinajstić information content (AvgIpc) is 2.91. The molecule has 1 heterocycles. The number of nitrogens with zero attached hydrogens (tertiary/aromatic N) is 1. The van der Waals surface area contributed by atoms with E-state index < -0.39 is 5.97 Å². The lowest BCUT2D eigenvalue weighted by molar-refractivity contribution is -0.140. The zero-order chi connectivity index (χ0) is 11.8. The van der Waals surface area contributed by atoms with E-state index in [4.69, 9.17) is 14.3 Å². The van der Waals surface area contributed by atoms with Crippen molar-refractivity contribution >= 4 is 11.7 Å². The van der Waals surface area contributed by atoms with E-state index in [0.717, 1.165) is 35.4 Å². The zero-order valence-corrected chi connectivity index (χ0v) is 9.36. The maximum atomic E-state index is 10.8. The van der Waals surface area contributed by atoms with Crippen molar-refractivity contribution in [2.75, 3.05) is 6.79 Å². The molecule has 1 aromatic rings. The molecule has 1 aliphatic heterocycles. The Kier molecular flexibility index (Phi) is 2.24. The van der Waals surface area contributed by atoms with Gasteiger partial charge < -0.3 is 14.3 Å². The summed E-state index contributed by atoms with van der Waals surface area (Å²) in [5, 5.41) is 3.87. The van der Waals surface area contributed by atoms with Crippen LogP contribution in [-0.2, 0) is 16.1 Å². The summed E-state index contributed by atoms with van der Waals surface area (Å²) in [6, 6.07) is 3.90. The fourth-order valence-corrected chi connectivity index (χ4v) is 2.13. The molecule has 0 saturated carbocycles. The van der Waals surface area contributed by atoms with Crippen molar-refractivity contribution < 1.29 is 19.1 Å². The van der Waals surface area contributed by atoms with E-state index in [-0.39, 0.29) is 6.79 Å². The molecule has 1 aromatic carbocycles. The Balaban J connectivity index is 2.04. The first-order valence-corrected chi connectivity index (χ1v) is 5.42. The quantitative estimate of drug-likeness (QED) is 0.546. The van der Waals surface area contributed by atoms with Crippen molar-refractivity contribution in [2.45, 2.75) is 19.8 Å². The van der Waals surface area contributed by atoms with Crippen molar-refractivity contribution in [1.82, 2.24) is 0 Å². The molecule has 88 valence electrons. The van der Waals surface area contributed by atoms with Gasteiger partial charge in [0.05, 0.1) is 5.71 Å². The van der Waals surface area contributed by atoms with Crippen LogP contribution < -0.4 is 9.47 Å². The third-order valence-electron chi connectivity index (χ3n) is 2.83. The van der Waals surface area contributed by atoms with E-state index >= 15 is 0 Å². The van der Waals surface area contributed by atoms with E-state index in [0.29, 0.717) is 5.75 Å². The molecule has 0 atom stereocenters. The summed E-state index contributed by atoms with van der Waals surface area (Å²) in [4.78, 5) is 15.5. The molecule has 0 radical (unpaired) electrons. The van der Waals surface area contributed by atoms with Gasteiger partial charge in [0.15, 0.2) is 11.5 Å². The molecule has 0 bridgehead atoms. The normalized spacial score (nSPS) is 18.3. The van der Waals surface area contributed by atoms with Crippen molar-refractivity contribution in [2.24, 2.45) is 5.16 Å². The van der Waals surface area contributed by atoms with E-state index in [1.165, 1.54) is 6.92 Å². The Labute approximate surface area is 98.0 Å². The summed E-state index contributed by atoms with van der Waals surface area (Å²) in [5.41, 5.74) is 2.82. The van der Waals surface area contributed by atoms with Gasteiger partial charge in [-0.2, -0.15) is 0 Å². The second kappa shape index (κ2) is 3.76. The largest absolute Gasteiger partial charge is 0.454 e. The predicted molar refractivity (Wildman–Crippen MR) is 59.2 cm³/mol. The zero-order valence-electron chi connectivity index (χ0n) is 9.36. The van der Waals surface area contributed by atoms with Gasteiger partial charge in [-0.3, -0.25) is 0 Å². The molecule has 17 heavy (non-hydrogen) atoms. The molecule has 1 aliphatic carbocycles. The monoisotopic (exact) mass is 233 g/mol. The first-order valence-electron chi connectivity index (χ1n) is 5.42. The van der Waals surface area contributed by atoms with Crippen molar-refractivity contribution in [3.8, 4) is 11.5 Å². The Morgan fingerprint density at radius 3 is 3.06 bits per heavy atom. The fraction of sp³-hybridized carbons (Fsp3) is 0.333. The van der Waals surface area contributed by atoms with Gasteiger partial charge in [-0.15, -0.1) is 0 Å². The topological polar surface area (TPSA) is 57.1 Å². The second-order valence-corrected chi connectivity index (χ2v) is 3.95. The molecular weight excluding hydrogens is 222 g/mol. The van der Waals surface area contributed by atoms with E-state index in [9.17, 15) is 4.79 Å². The number of aryl methyl sites for hydroxylation is 1. The van der Waals surface area contributed by atoms with E-state index in [2.05, 4.69) is 5.16 Å². The van der Waals surface area contributed by atoms with Crippen LogP contribution >= 0.6 is 0 Å².